The first kappa shape index (κ1) is 11.9. The molecular formula is C11H14N4OS. The summed E-state index contributed by atoms with van der Waals surface area (Å²) < 4.78 is 7.87. The van der Waals surface area contributed by atoms with Crippen LogP contribution in [0.2, 0.25) is 0 Å². The summed E-state index contributed by atoms with van der Waals surface area (Å²) in [5, 5.41) is 7.03. The van der Waals surface area contributed by atoms with Crippen LogP contribution in [0.15, 0.2) is 24.5 Å². The van der Waals surface area contributed by atoms with Crippen LogP contribution in [-0.4, -0.2) is 33.0 Å². The molecule has 1 N–H and O–H groups in total. The van der Waals surface area contributed by atoms with Gasteiger partial charge in [-0.25, -0.2) is 0 Å². The minimum absolute atomic E-state index is 0.608. The standard InChI is InChI=1S/C11H14N4OS/c1-2-16-8-7-15-10(13-14-11(15)17)9-3-5-12-6-4-9/h3-6H,2,7-8H2,1H3,(H,14,17). The maximum atomic E-state index is 5.33. The van der Waals surface area contributed by atoms with Gasteiger partial charge < -0.3 is 4.74 Å². The van der Waals surface area contributed by atoms with Crippen LogP contribution in [0.5, 0.6) is 0 Å². The lowest BCUT2D eigenvalue weighted by molar-refractivity contribution is 0.139. The van der Waals surface area contributed by atoms with E-state index in [1.807, 2.05) is 23.6 Å². The van der Waals surface area contributed by atoms with Crippen LogP contribution < -0.4 is 0 Å². The fourth-order valence-electron chi connectivity index (χ4n) is 1.55. The summed E-state index contributed by atoms with van der Waals surface area (Å²) in [5.41, 5.74) is 0.990. The van der Waals surface area contributed by atoms with E-state index in [1.165, 1.54) is 0 Å². The first-order valence-corrected chi connectivity index (χ1v) is 5.87. The van der Waals surface area contributed by atoms with Crippen molar-refractivity contribution < 1.29 is 4.74 Å². The molecule has 0 aromatic carbocycles. The molecule has 0 fully saturated rings. The summed E-state index contributed by atoms with van der Waals surface area (Å²) in [5.74, 6) is 0.817. The zero-order chi connectivity index (χ0) is 12.1. The monoisotopic (exact) mass is 250 g/mol. The van der Waals surface area contributed by atoms with Gasteiger partial charge in [0.15, 0.2) is 10.6 Å². The van der Waals surface area contributed by atoms with Crippen molar-refractivity contribution in [2.75, 3.05) is 13.2 Å². The first-order valence-electron chi connectivity index (χ1n) is 5.46. The summed E-state index contributed by atoms with van der Waals surface area (Å²) >= 11 is 5.20. The molecule has 90 valence electrons. The van der Waals surface area contributed by atoms with E-state index in [9.17, 15) is 0 Å². The second-order valence-electron chi connectivity index (χ2n) is 3.44. The second-order valence-corrected chi connectivity index (χ2v) is 3.82. The van der Waals surface area contributed by atoms with E-state index in [1.54, 1.807) is 12.4 Å². The molecule has 2 aromatic rings. The molecule has 0 aliphatic rings. The molecule has 0 spiro atoms. The number of ether oxygens (including phenoxy) is 1. The zero-order valence-corrected chi connectivity index (χ0v) is 10.4. The minimum atomic E-state index is 0.608. The van der Waals surface area contributed by atoms with E-state index < -0.39 is 0 Å². The van der Waals surface area contributed by atoms with Crippen molar-refractivity contribution >= 4 is 12.2 Å². The number of aromatic nitrogens is 4. The molecule has 0 aliphatic heterocycles. The molecule has 2 heterocycles. The van der Waals surface area contributed by atoms with Crippen molar-refractivity contribution in [1.29, 1.82) is 0 Å². The molecule has 0 unspecified atom stereocenters. The van der Waals surface area contributed by atoms with Crippen molar-refractivity contribution in [2.45, 2.75) is 13.5 Å². The third-order valence-corrected chi connectivity index (χ3v) is 2.67. The summed E-state index contributed by atoms with van der Waals surface area (Å²) in [7, 11) is 0. The SMILES string of the molecule is CCOCCn1c(-c2ccncc2)n[nH]c1=S. The Morgan fingerprint density at radius 2 is 2.18 bits per heavy atom. The number of rotatable bonds is 5. The Morgan fingerprint density at radius 1 is 1.41 bits per heavy atom. The average Bonchev–Trinajstić information content (AvgIpc) is 2.73. The number of aromatic amines is 1. The van der Waals surface area contributed by atoms with Gasteiger partial charge in [0.05, 0.1) is 13.2 Å². The topological polar surface area (TPSA) is 55.7 Å². The largest absolute Gasteiger partial charge is 0.380 e. The number of H-pyrrole nitrogens is 1. The number of pyridine rings is 1. The highest BCUT2D eigenvalue weighted by Gasteiger charge is 2.07. The van der Waals surface area contributed by atoms with Crippen molar-refractivity contribution in [1.82, 2.24) is 19.7 Å². The maximum Gasteiger partial charge on any atom is 0.195 e. The van der Waals surface area contributed by atoms with Crippen molar-refractivity contribution in [3.63, 3.8) is 0 Å². The van der Waals surface area contributed by atoms with Gasteiger partial charge in [-0.2, -0.15) is 5.10 Å². The van der Waals surface area contributed by atoms with Crippen LogP contribution >= 0.6 is 12.2 Å². The van der Waals surface area contributed by atoms with Gasteiger partial charge in [0.25, 0.3) is 0 Å². The third-order valence-electron chi connectivity index (χ3n) is 2.36. The lowest BCUT2D eigenvalue weighted by Gasteiger charge is -2.06. The highest BCUT2D eigenvalue weighted by molar-refractivity contribution is 7.71. The minimum Gasteiger partial charge on any atom is -0.380 e. The third kappa shape index (κ3) is 2.78. The summed E-state index contributed by atoms with van der Waals surface area (Å²) in [6.45, 7) is 4.00. The van der Waals surface area contributed by atoms with Crippen LogP contribution in [0.25, 0.3) is 11.4 Å². The Bertz CT molecular complexity index is 520. The lowest BCUT2D eigenvalue weighted by atomic mass is 10.2. The van der Waals surface area contributed by atoms with E-state index in [2.05, 4.69) is 15.2 Å². The molecule has 0 saturated carbocycles. The van der Waals surface area contributed by atoms with Gasteiger partial charge in [-0.1, -0.05) is 0 Å². The molecule has 0 atom stereocenters. The molecule has 0 amide bonds. The Morgan fingerprint density at radius 3 is 2.88 bits per heavy atom. The molecular weight excluding hydrogens is 236 g/mol. The van der Waals surface area contributed by atoms with Crippen LogP contribution in [0, 0.1) is 4.77 Å². The van der Waals surface area contributed by atoms with Gasteiger partial charge in [0.1, 0.15) is 0 Å². The van der Waals surface area contributed by atoms with Crippen LogP contribution in [0.1, 0.15) is 6.92 Å². The molecule has 2 aromatic heterocycles. The van der Waals surface area contributed by atoms with Gasteiger partial charge in [0, 0.05) is 24.6 Å². The first-order chi connectivity index (χ1) is 8.33. The average molecular weight is 250 g/mol. The summed E-state index contributed by atoms with van der Waals surface area (Å²) in [6, 6.07) is 3.81. The Labute approximate surface area is 104 Å². The van der Waals surface area contributed by atoms with Crippen LogP contribution in [0.4, 0.5) is 0 Å². The lowest BCUT2D eigenvalue weighted by Crippen LogP contribution is -2.07. The fourth-order valence-corrected chi connectivity index (χ4v) is 1.77. The molecule has 0 bridgehead atoms. The predicted octanol–water partition coefficient (Wildman–Crippen LogP) is 2.04. The van der Waals surface area contributed by atoms with Crippen LogP contribution in [-0.2, 0) is 11.3 Å². The van der Waals surface area contributed by atoms with E-state index in [0.717, 1.165) is 11.4 Å². The Kier molecular flexibility index (Phi) is 4.00. The van der Waals surface area contributed by atoms with E-state index in [4.69, 9.17) is 17.0 Å². The number of hydrogen-bond acceptors (Lipinski definition) is 4. The van der Waals surface area contributed by atoms with Gasteiger partial charge in [-0.05, 0) is 31.3 Å². The molecule has 0 saturated heterocycles. The predicted molar refractivity (Wildman–Crippen MR) is 67.1 cm³/mol. The normalized spacial score (nSPS) is 10.6. The van der Waals surface area contributed by atoms with Crippen molar-refractivity contribution in [3.8, 4) is 11.4 Å². The van der Waals surface area contributed by atoms with Crippen molar-refractivity contribution in [2.24, 2.45) is 0 Å². The highest BCUT2D eigenvalue weighted by Crippen LogP contribution is 2.15. The smallest absolute Gasteiger partial charge is 0.195 e. The van der Waals surface area contributed by atoms with Gasteiger partial charge in [0.2, 0.25) is 0 Å². The molecule has 2 rings (SSSR count). The maximum absolute atomic E-state index is 5.33. The number of nitrogens with zero attached hydrogens (tertiary/aromatic N) is 3. The molecule has 6 heteroatoms. The molecule has 0 radical (unpaired) electrons. The zero-order valence-electron chi connectivity index (χ0n) is 9.59. The Hall–Kier alpha value is -1.53. The van der Waals surface area contributed by atoms with Gasteiger partial charge in [-0.3, -0.25) is 14.6 Å². The van der Waals surface area contributed by atoms with Crippen molar-refractivity contribution in [3.05, 3.63) is 29.3 Å². The van der Waals surface area contributed by atoms with E-state index in [-0.39, 0.29) is 0 Å². The molecule has 17 heavy (non-hydrogen) atoms. The molecule has 5 nitrogen and oxygen atoms in total. The number of hydrogen-bond donors (Lipinski definition) is 1. The fraction of sp³-hybridized carbons (Fsp3) is 0.364. The Balaban J connectivity index is 2.26. The van der Waals surface area contributed by atoms with Gasteiger partial charge >= 0.3 is 0 Å². The highest BCUT2D eigenvalue weighted by atomic mass is 32.1. The number of nitrogens with one attached hydrogen (secondary N) is 1. The van der Waals surface area contributed by atoms with Gasteiger partial charge in [-0.15, -0.1) is 0 Å². The van der Waals surface area contributed by atoms with E-state index in [0.29, 0.717) is 24.5 Å². The molecule has 0 aliphatic carbocycles. The summed E-state index contributed by atoms with van der Waals surface area (Å²) in [6.07, 6.45) is 3.47. The second kappa shape index (κ2) is 5.70. The van der Waals surface area contributed by atoms with Crippen LogP contribution in [0.3, 0.4) is 0 Å². The summed E-state index contributed by atoms with van der Waals surface area (Å²) in [4.78, 5) is 3.98. The van der Waals surface area contributed by atoms with E-state index >= 15 is 0 Å². The quantitative estimate of drug-likeness (QED) is 0.651.